The number of esters is 1. The molecule has 0 aromatic carbocycles. The molecule has 5 rings (SSSR count). The molecule has 0 radical (unpaired) electrons. The third-order valence-corrected chi connectivity index (χ3v) is 12.7. The summed E-state index contributed by atoms with van der Waals surface area (Å²) in [7, 11) is 0. The molecule has 38 heavy (non-hydrogen) atoms. The summed E-state index contributed by atoms with van der Waals surface area (Å²) < 4.78 is 5.78. The van der Waals surface area contributed by atoms with Gasteiger partial charge in [-0.2, -0.15) is 0 Å². The van der Waals surface area contributed by atoms with Crippen molar-refractivity contribution in [3.63, 3.8) is 0 Å². The van der Waals surface area contributed by atoms with Crippen molar-refractivity contribution in [2.45, 2.75) is 156 Å². The van der Waals surface area contributed by atoms with Crippen molar-refractivity contribution < 1.29 is 9.53 Å². The summed E-state index contributed by atoms with van der Waals surface area (Å²) >= 11 is 0. The SMILES string of the molecule is CC(=O)O[C@H]1CC[C@@]2(C)C(=C[C@@H](NC3CCCCC3)[C@@H]3[C@H]4CC[C@@H]([C@@H](C)CCCC(C)C)[C@@]4(C)CC[C@H]32)C1. The van der Waals surface area contributed by atoms with Gasteiger partial charge in [0.25, 0.3) is 0 Å². The molecule has 0 saturated heterocycles. The van der Waals surface area contributed by atoms with Crippen molar-refractivity contribution in [3.05, 3.63) is 11.6 Å². The fraction of sp³-hybridized carbons (Fsp3) is 0.914. The van der Waals surface area contributed by atoms with Gasteiger partial charge in [-0.05, 0) is 97.7 Å². The number of nitrogens with one attached hydrogen (secondary N) is 1. The molecule has 0 spiro atoms. The topological polar surface area (TPSA) is 38.3 Å². The van der Waals surface area contributed by atoms with Gasteiger partial charge in [0.05, 0.1) is 0 Å². The zero-order chi connectivity index (χ0) is 27.1. The predicted octanol–water partition coefficient (Wildman–Crippen LogP) is 8.86. The van der Waals surface area contributed by atoms with Crippen molar-refractivity contribution in [2.24, 2.45) is 46.3 Å². The number of carbonyl (C=O) groups is 1. The van der Waals surface area contributed by atoms with Crippen LogP contribution in [0.15, 0.2) is 11.6 Å². The van der Waals surface area contributed by atoms with Gasteiger partial charge in [-0.1, -0.05) is 84.8 Å². The minimum atomic E-state index is -0.113. The van der Waals surface area contributed by atoms with Crippen LogP contribution >= 0.6 is 0 Å². The first-order chi connectivity index (χ1) is 18.1. The minimum absolute atomic E-state index is 0.0788. The molecule has 0 amide bonds. The fourth-order valence-corrected chi connectivity index (χ4v) is 10.7. The highest BCUT2D eigenvalue weighted by atomic mass is 16.5. The Kier molecular flexibility index (Phi) is 8.74. The van der Waals surface area contributed by atoms with Crippen LogP contribution in [-0.4, -0.2) is 24.2 Å². The van der Waals surface area contributed by atoms with Gasteiger partial charge >= 0.3 is 5.97 Å². The van der Waals surface area contributed by atoms with Gasteiger partial charge in [0.15, 0.2) is 0 Å². The van der Waals surface area contributed by atoms with Gasteiger partial charge < -0.3 is 10.1 Å². The Labute approximate surface area is 234 Å². The van der Waals surface area contributed by atoms with E-state index in [1.54, 1.807) is 12.5 Å². The van der Waals surface area contributed by atoms with Crippen LogP contribution in [0.5, 0.6) is 0 Å². The lowest BCUT2D eigenvalue weighted by atomic mass is 9.46. The van der Waals surface area contributed by atoms with E-state index in [1.165, 1.54) is 83.5 Å². The Morgan fingerprint density at radius 2 is 1.74 bits per heavy atom. The van der Waals surface area contributed by atoms with E-state index in [-0.39, 0.29) is 17.5 Å². The highest BCUT2D eigenvalue weighted by Gasteiger charge is 2.61. The van der Waals surface area contributed by atoms with E-state index in [1.807, 2.05) is 0 Å². The Bertz CT molecular complexity index is 858. The first kappa shape index (κ1) is 28.7. The van der Waals surface area contributed by atoms with Crippen LogP contribution < -0.4 is 5.32 Å². The average Bonchev–Trinajstić information content (AvgIpc) is 3.22. The lowest BCUT2D eigenvalue weighted by Gasteiger charge is -2.60. The maximum absolute atomic E-state index is 11.8. The van der Waals surface area contributed by atoms with Crippen LogP contribution in [0.1, 0.15) is 138 Å². The van der Waals surface area contributed by atoms with E-state index in [0.717, 1.165) is 48.3 Å². The van der Waals surface area contributed by atoms with E-state index in [9.17, 15) is 4.79 Å². The van der Waals surface area contributed by atoms with Crippen LogP contribution in [0.4, 0.5) is 0 Å². The maximum atomic E-state index is 11.8. The third-order valence-electron chi connectivity index (χ3n) is 12.7. The predicted molar refractivity (Wildman–Crippen MR) is 158 cm³/mol. The molecule has 3 heteroatoms. The maximum Gasteiger partial charge on any atom is 0.302 e. The van der Waals surface area contributed by atoms with Crippen molar-refractivity contribution in [1.29, 1.82) is 0 Å². The van der Waals surface area contributed by atoms with Gasteiger partial charge in [0.2, 0.25) is 0 Å². The number of carbonyl (C=O) groups excluding carboxylic acids is 1. The lowest BCUT2D eigenvalue weighted by Crippen LogP contribution is -2.59. The van der Waals surface area contributed by atoms with E-state index in [0.29, 0.717) is 17.5 Å². The van der Waals surface area contributed by atoms with E-state index >= 15 is 0 Å². The number of ether oxygens (including phenoxy) is 1. The molecule has 0 aliphatic heterocycles. The van der Waals surface area contributed by atoms with E-state index < -0.39 is 0 Å². The summed E-state index contributed by atoms with van der Waals surface area (Å²) in [6, 6.07) is 1.19. The van der Waals surface area contributed by atoms with Gasteiger partial charge in [-0.25, -0.2) is 0 Å². The first-order valence-electron chi connectivity index (χ1n) is 16.8. The summed E-state index contributed by atoms with van der Waals surface area (Å²) in [6.07, 6.45) is 22.8. The molecule has 0 bridgehead atoms. The molecular weight excluding hydrogens is 466 g/mol. The average molecular weight is 526 g/mol. The van der Waals surface area contributed by atoms with Crippen molar-refractivity contribution in [3.8, 4) is 0 Å². The number of fused-ring (bicyclic) bond motifs is 5. The molecule has 0 aromatic heterocycles. The molecule has 0 heterocycles. The zero-order valence-corrected chi connectivity index (χ0v) is 25.7. The zero-order valence-electron chi connectivity index (χ0n) is 25.7. The summed E-state index contributed by atoms with van der Waals surface area (Å²) in [5.74, 6) is 4.86. The molecule has 4 fully saturated rings. The molecule has 0 aromatic rings. The highest BCUT2D eigenvalue weighted by Crippen LogP contribution is 2.67. The van der Waals surface area contributed by atoms with Crippen LogP contribution in [0.2, 0.25) is 0 Å². The second-order valence-corrected chi connectivity index (χ2v) is 15.4. The Hall–Kier alpha value is -0.830. The van der Waals surface area contributed by atoms with Gasteiger partial charge in [0.1, 0.15) is 6.10 Å². The highest BCUT2D eigenvalue weighted by molar-refractivity contribution is 5.66. The van der Waals surface area contributed by atoms with Gasteiger partial charge in [-0.15, -0.1) is 0 Å². The van der Waals surface area contributed by atoms with Crippen LogP contribution in [0.3, 0.4) is 0 Å². The number of rotatable bonds is 8. The molecule has 1 N–H and O–H groups in total. The van der Waals surface area contributed by atoms with Crippen LogP contribution in [0, 0.1) is 46.3 Å². The lowest BCUT2D eigenvalue weighted by molar-refractivity contribution is -0.149. The molecule has 5 aliphatic rings. The summed E-state index contributed by atoms with van der Waals surface area (Å²) in [5.41, 5.74) is 2.40. The molecule has 216 valence electrons. The normalized spacial score (nSPS) is 42.1. The van der Waals surface area contributed by atoms with Crippen molar-refractivity contribution >= 4 is 5.97 Å². The summed E-state index contributed by atoms with van der Waals surface area (Å²) in [6.45, 7) is 14.3. The largest absolute Gasteiger partial charge is 0.462 e. The van der Waals surface area contributed by atoms with Crippen LogP contribution in [-0.2, 0) is 9.53 Å². The van der Waals surface area contributed by atoms with Crippen molar-refractivity contribution in [2.75, 3.05) is 0 Å². The van der Waals surface area contributed by atoms with Gasteiger partial charge in [-0.3, -0.25) is 4.79 Å². The Morgan fingerprint density at radius 3 is 2.45 bits per heavy atom. The Morgan fingerprint density at radius 1 is 0.974 bits per heavy atom. The molecule has 3 nitrogen and oxygen atoms in total. The quantitative estimate of drug-likeness (QED) is 0.254. The standard InChI is InChI=1S/C35H59NO2/c1-23(2)11-10-12-24(3)29-15-16-30-33-31(18-20-35(29,30)6)34(5)19-17-28(38-25(4)37)21-26(34)22-32(33)36-27-13-8-7-9-14-27/h22-24,27-33,36H,7-21H2,1-6H3/t24-,28-,29-,30+,31+,32+,33+,34-,35+/m0/s1. The number of hydrogen-bond donors (Lipinski definition) is 1. The molecular formula is C35H59NO2. The third kappa shape index (κ3) is 5.53. The minimum Gasteiger partial charge on any atom is -0.462 e. The summed E-state index contributed by atoms with van der Waals surface area (Å²) in [5, 5.41) is 4.30. The van der Waals surface area contributed by atoms with E-state index in [2.05, 4.69) is 46.0 Å². The van der Waals surface area contributed by atoms with Crippen LogP contribution in [0.25, 0.3) is 0 Å². The Balaban J connectivity index is 1.41. The smallest absolute Gasteiger partial charge is 0.302 e. The molecule has 5 aliphatic carbocycles. The van der Waals surface area contributed by atoms with Gasteiger partial charge in [0, 0.05) is 25.4 Å². The molecule has 4 saturated carbocycles. The second-order valence-electron chi connectivity index (χ2n) is 15.4. The fourth-order valence-electron chi connectivity index (χ4n) is 10.7. The van der Waals surface area contributed by atoms with Crippen molar-refractivity contribution in [1.82, 2.24) is 5.32 Å². The monoisotopic (exact) mass is 525 g/mol. The van der Waals surface area contributed by atoms with E-state index in [4.69, 9.17) is 4.74 Å². The second kappa shape index (κ2) is 11.6. The first-order valence-corrected chi connectivity index (χ1v) is 16.8. The number of hydrogen-bond acceptors (Lipinski definition) is 3. The summed E-state index contributed by atoms with van der Waals surface area (Å²) in [4.78, 5) is 11.8. The molecule has 0 unspecified atom stereocenters. The molecule has 9 atom stereocenters.